The number of aromatic nitrogens is 3. The molecule has 1 unspecified atom stereocenters. The van der Waals surface area contributed by atoms with E-state index in [2.05, 4.69) is 14.6 Å². The van der Waals surface area contributed by atoms with Crippen molar-refractivity contribution in [2.75, 3.05) is 6.61 Å². The average Bonchev–Trinajstić information content (AvgIpc) is 2.49. The fourth-order valence-corrected chi connectivity index (χ4v) is 0.766. The molecule has 1 aromatic rings. The fourth-order valence-electron chi connectivity index (χ4n) is 0.552. The van der Waals surface area contributed by atoms with Crippen LogP contribution in [-0.4, -0.2) is 26.3 Å². The molecule has 0 aliphatic heterocycles. The van der Waals surface area contributed by atoms with Gasteiger partial charge < -0.3 is 0 Å². The van der Waals surface area contributed by atoms with Gasteiger partial charge in [-0.25, -0.2) is 9.67 Å². The lowest BCUT2D eigenvalue weighted by Crippen LogP contribution is -1.86. The quantitative estimate of drug-likeness (QED) is 0.692. The van der Waals surface area contributed by atoms with Crippen molar-refractivity contribution >= 4 is 14.5 Å². The van der Waals surface area contributed by atoms with Crippen LogP contribution >= 0.6 is 8.25 Å². The molecule has 0 aromatic carbocycles. The smallest absolute Gasteiger partial charge is 0.229 e. The van der Waals surface area contributed by atoms with Crippen LogP contribution in [-0.2, 0) is 9.09 Å². The molecule has 6 nitrogen and oxygen atoms in total. The highest BCUT2D eigenvalue weighted by molar-refractivity contribution is 7.32. The standard InChI is InChI=1S/C5H6N3O3P/c9-12(10)11-3-1-2-8-5-6-4-7-8/h1-2,4-5H,3H2/p+1. The van der Waals surface area contributed by atoms with E-state index in [-0.39, 0.29) is 6.61 Å². The van der Waals surface area contributed by atoms with Gasteiger partial charge in [0.1, 0.15) is 19.3 Å². The van der Waals surface area contributed by atoms with Crippen molar-refractivity contribution in [2.45, 2.75) is 0 Å². The lowest BCUT2D eigenvalue weighted by molar-refractivity contribution is 0.313. The highest BCUT2D eigenvalue weighted by Gasteiger charge is 2.08. The van der Waals surface area contributed by atoms with Crippen LogP contribution < -0.4 is 0 Å². The van der Waals surface area contributed by atoms with E-state index in [1.807, 2.05) is 0 Å². The van der Waals surface area contributed by atoms with Crippen LogP contribution in [0, 0.1) is 0 Å². The summed E-state index contributed by atoms with van der Waals surface area (Å²) in [4.78, 5) is 11.9. The van der Waals surface area contributed by atoms with Gasteiger partial charge in [0, 0.05) is 10.8 Å². The Morgan fingerprint density at radius 1 is 1.75 bits per heavy atom. The van der Waals surface area contributed by atoms with Crippen LogP contribution in [0.1, 0.15) is 0 Å². The first kappa shape index (κ1) is 8.99. The third kappa shape index (κ3) is 3.34. The van der Waals surface area contributed by atoms with E-state index >= 15 is 0 Å². The lowest BCUT2D eigenvalue weighted by Gasteiger charge is -1.84. The predicted octanol–water partition coefficient (Wildman–Crippen LogP) is 0.415. The van der Waals surface area contributed by atoms with Crippen molar-refractivity contribution in [3.05, 3.63) is 18.7 Å². The molecule has 0 aliphatic carbocycles. The second-order valence-corrected chi connectivity index (χ2v) is 2.53. The number of hydrogen-bond donors (Lipinski definition) is 1. The molecule has 0 amide bonds. The Bertz CT molecular complexity index is 271. The van der Waals surface area contributed by atoms with E-state index in [1.165, 1.54) is 17.3 Å². The van der Waals surface area contributed by atoms with Gasteiger partial charge in [0.2, 0.25) is 0 Å². The Kier molecular flexibility index (Phi) is 3.53. The van der Waals surface area contributed by atoms with E-state index in [4.69, 9.17) is 4.89 Å². The van der Waals surface area contributed by atoms with Crippen molar-refractivity contribution in [2.24, 2.45) is 0 Å². The van der Waals surface area contributed by atoms with Gasteiger partial charge in [0.05, 0.1) is 0 Å². The van der Waals surface area contributed by atoms with Gasteiger partial charge in [-0.15, -0.1) is 9.42 Å². The van der Waals surface area contributed by atoms with Crippen molar-refractivity contribution < 1.29 is 14.0 Å². The van der Waals surface area contributed by atoms with Gasteiger partial charge in [0.15, 0.2) is 0 Å². The maximum Gasteiger partial charge on any atom is 0.695 e. The monoisotopic (exact) mass is 188 g/mol. The molecular formula is C5H7N3O3P+. The summed E-state index contributed by atoms with van der Waals surface area (Å²) < 4.78 is 15.8. The summed E-state index contributed by atoms with van der Waals surface area (Å²) in [5, 5.41) is 3.76. The number of hydrogen-bond acceptors (Lipinski definition) is 4. The van der Waals surface area contributed by atoms with Crippen LogP contribution in [0.2, 0.25) is 0 Å². The molecule has 1 heterocycles. The van der Waals surface area contributed by atoms with Crippen molar-refractivity contribution in [3.63, 3.8) is 0 Å². The highest BCUT2D eigenvalue weighted by atomic mass is 31.1. The first-order chi connectivity index (χ1) is 5.79. The summed E-state index contributed by atoms with van der Waals surface area (Å²) in [7, 11) is -2.52. The van der Waals surface area contributed by atoms with E-state index in [0.29, 0.717) is 0 Å². The first-order valence-electron chi connectivity index (χ1n) is 3.09. The van der Waals surface area contributed by atoms with E-state index in [9.17, 15) is 4.57 Å². The maximum absolute atomic E-state index is 10.0. The van der Waals surface area contributed by atoms with Gasteiger partial charge in [0.25, 0.3) is 0 Å². The van der Waals surface area contributed by atoms with E-state index in [1.54, 1.807) is 12.3 Å². The molecule has 1 atom stereocenters. The summed E-state index contributed by atoms with van der Waals surface area (Å²) in [5.74, 6) is 0. The zero-order valence-electron chi connectivity index (χ0n) is 6.07. The van der Waals surface area contributed by atoms with Crippen LogP contribution in [0.3, 0.4) is 0 Å². The molecule has 0 aliphatic rings. The summed E-state index contributed by atoms with van der Waals surface area (Å²) in [6.07, 6.45) is 6.01. The highest BCUT2D eigenvalue weighted by Crippen LogP contribution is 2.13. The molecule has 1 aromatic heterocycles. The zero-order chi connectivity index (χ0) is 8.81. The topological polar surface area (TPSA) is 77.2 Å². The Labute approximate surface area is 69.4 Å². The second-order valence-electron chi connectivity index (χ2n) is 1.79. The number of rotatable bonds is 4. The average molecular weight is 188 g/mol. The number of nitrogens with zero attached hydrogens (tertiary/aromatic N) is 3. The molecule has 0 saturated carbocycles. The SMILES string of the molecule is O=[P+](O)OCC=Cn1cncn1. The van der Waals surface area contributed by atoms with Crippen molar-refractivity contribution in [1.29, 1.82) is 0 Å². The van der Waals surface area contributed by atoms with E-state index < -0.39 is 8.25 Å². The molecule has 64 valence electrons. The summed E-state index contributed by atoms with van der Waals surface area (Å²) >= 11 is 0. The normalized spacial score (nSPS) is 12.2. The fraction of sp³-hybridized carbons (Fsp3) is 0.200. The van der Waals surface area contributed by atoms with Gasteiger partial charge in [-0.05, 0) is 6.08 Å². The Balaban J connectivity index is 2.27. The Hall–Kier alpha value is -1.10. The largest absolute Gasteiger partial charge is 0.695 e. The van der Waals surface area contributed by atoms with Gasteiger partial charge in [-0.2, -0.15) is 5.10 Å². The molecule has 0 bridgehead atoms. The van der Waals surface area contributed by atoms with Crippen LogP contribution in [0.25, 0.3) is 6.20 Å². The maximum atomic E-state index is 10.0. The summed E-state index contributed by atoms with van der Waals surface area (Å²) in [5.41, 5.74) is 0. The zero-order valence-corrected chi connectivity index (χ0v) is 6.96. The molecule has 0 saturated heterocycles. The van der Waals surface area contributed by atoms with Gasteiger partial charge in [-0.3, -0.25) is 0 Å². The Morgan fingerprint density at radius 3 is 3.17 bits per heavy atom. The van der Waals surface area contributed by atoms with Crippen LogP contribution in [0.15, 0.2) is 18.7 Å². The van der Waals surface area contributed by atoms with Crippen molar-refractivity contribution in [1.82, 2.24) is 14.8 Å². The summed E-state index contributed by atoms with van der Waals surface area (Å²) in [6.45, 7) is 0.0750. The first-order valence-corrected chi connectivity index (χ1v) is 4.22. The van der Waals surface area contributed by atoms with E-state index in [0.717, 1.165) is 0 Å². The van der Waals surface area contributed by atoms with Gasteiger partial charge in [-0.1, -0.05) is 0 Å². The molecule has 0 spiro atoms. The molecule has 1 N–H and O–H groups in total. The van der Waals surface area contributed by atoms with Crippen LogP contribution in [0.4, 0.5) is 0 Å². The molecule has 7 heteroatoms. The predicted molar refractivity (Wildman–Crippen MR) is 41.1 cm³/mol. The molecule has 0 fully saturated rings. The van der Waals surface area contributed by atoms with Gasteiger partial charge >= 0.3 is 8.25 Å². The second kappa shape index (κ2) is 4.71. The minimum atomic E-state index is -2.52. The van der Waals surface area contributed by atoms with Crippen molar-refractivity contribution in [3.8, 4) is 0 Å². The molecule has 0 radical (unpaired) electrons. The third-order valence-electron chi connectivity index (χ3n) is 0.976. The molecular weight excluding hydrogens is 181 g/mol. The minimum absolute atomic E-state index is 0.0750. The summed E-state index contributed by atoms with van der Waals surface area (Å²) in [6, 6.07) is 0. The van der Waals surface area contributed by atoms with Crippen LogP contribution in [0.5, 0.6) is 0 Å². The third-order valence-corrected chi connectivity index (χ3v) is 1.35. The molecule has 1 rings (SSSR count). The molecule has 12 heavy (non-hydrogen) atoms. The minimum Gasteiger partial charge on any atom is -0.229 e. The lowest BCUT2D eigenvalue weighted by atomic mass is 10.6. The Morgan fingerprint density at radius 2 is 2.58 bits per heavy atom.